The van der Waals surface area contributed by atoms with E-state index < -0.39 is 37.4 Å². The Bertz CT molecular complexity index is 1140. The lowest BCUT2D eigenvalue weighted by atomic mass is 10.0. The molecule has 1 heterocycles. The van der Waals surface area contributed by atoms with E-state index in [1.165, 1.54) is 0 Å². The second-order valence-electron chi connectivity index (χ2n) is 7.21. The summed E-state index contributed by atoms with van der Waals surface area (Å²) in [4.78, 5) is 25.4. The molecule has 0 aromatic heterocycles. The van der Waals surface area contributed by atoms with E-state index in [0.717, 1.165) is 14.8 Å². The van der Waals surface area contributed by atoms with Gasteiger partial charge in [0.1, 0.15) is 6.04 Å². The van der Waals surface area contributed by atoms with Gasteiger partial charge in [-0.3, -0.25) is 9.59 Å². The van der Waals surface area contributed by atoms with E-state index in [4.69, 9.17) is 5.73 Å². The van der Waals surface area contributed by atoms with Crippen molar-refractivity contribution in [3.05, 3.63) is 93.6 Å². The normalized spacial score (nSPS) is 18.4. The van der Waals surface area contributed by atoms with Crippen LogP contribution in [0.2, 0.25) is 0 Å². The Kier molecular flexibility index (Phi) is 6.34. The monoisotopic (exact) mass is 544 g/mol. The van der Waals surface area contributed by atoms with Crippen molar-refractivity contribution in [3.8, 4) is 0 Å². The van der Waals surface area contributed by atoms with Crippen molar-refractivity contribution >= 4 is 53.2 Å². The number of benzene rings is 3. The van der Waals surface area contributed by atoms with Gasteiger partial charge in [-0.2, -0.15) is 0 Å². The quantitative estimate of drug-likeness (QED) is 0.326. The highest BCUT2D eigenvalue weighted by Crippen LogP contribution is 2.50. The molecule has 156 valence electrons. The molecule has 0 saturated carbocycles. The van der Waals surface area contributed by atoms with Crippen LogP contribution in [0.15, 0.2) is 78.9 Å². The lowest BCUT2D eigenvalue weighted by molar-refractivity contribution is -0.127. The number of nitrogens with one attached hydrogen (secondary N) is 2. The van der Waals surface area contributed by atoms with E-state index in [9.17, 15) is 14.2 Å². The van der Waals surface area contributed by atoms with E-state index in [-0.39, 0.29) is 0 Å². The Balaban J connectivity index is 1.68. The van der Waals surface area contributed by atoms with Gasteiger partial charge in [-0.25, -0.2) is 0 Å². The zero-order valence-corrected chi connectivity index (χ0v) is 19.4. The third-order valence-corrected chi connectivity index (χ3v) is 7.77. The summed E-state index contributed by atoms with van der Waals surface area (Å²) in [6.07, 6.45) is 0. The molecule has 6 nitrogen and oxygen atoms in total. The van der Waals surface area contributed by atoms with Crippen molar-refractivity contribution in [1.82, 2.24) is 5.32 Å². The van der Waals surface area contributed by atoms with Gasteiger partial charge in [-0.1, -0.05) is 53.1 Å². The fraction of sp³-hybridized carbons (Fsp3) is 0.130. The summed E-state index contributed by atoms with van der Waals surface area (Å²) in [6, 6.07) is 21.9. The van der Waals surface area contributed by atoms with Crippen LogP contribution in [0.5, 0.6) is 0 Å². The number of amides is 2. The molecular weight excluding hydrogens is 524 g/mol. The molecule has 0 radical (unpaired) electrons. The Morgan fingerprint density at radius 1 is 1.00 bits per heavy atom. The molecule has 1 aliphatic rings. The number of carbonyl (C=O) groups is 2. The largest absolute Gasteiger partial charge is 0.387 e. The number of hydrogen-bond donors (Lipinski definition) is 3. The molecule has 3 unspecified atom stereocenters. The number of halogens is 1. The highest BCUT2D eigenvalue weighted by Gasteiger charge is 2.50. The zero-order chi connectivity index (χ0) is 22.0. The number of nitrogens with two attached hydrogens (primary N) is 1. The predicted octanol–water partition coefficient (Wildman–Crippen LogP) is 3.62. The minimum absolute atomic E-state index is 0.428. The molecule has 3 aromatic rings. The molecule has 0 saturated heterocycles. The van der Waals surface area contributed by atoms with E-state index in [1.807, 2.05) is 42.5 Å². The van der Waals surface area contributed by atoms with E-state index >= 15 is 0 Å². The summed E-state index contributed by atoms with van der Waals surface area (Å²) in [5.41, 5.74) is 7.18. The third-order valence-electron chi connectivity index (χ3n) is 5.21. The number of rotatable bonds is 6. The van der Waals surface area contributed by atoms with Crippen LogP contribution in [0.25, 0.3) is 0 Å². The number of anilines is 1. The standard InChI is InChI=1S/C23H19IN3O3P/c24-15-11-12-18-17(13-15)21(31(30)16-9-5-2-6-10-16)20(26-18)23(29)27-19(22(25)28)14-7-3-1-4-8-14/h1-13,19-21,26H,(H2-,25,27,28,29)/p+1/t19-,20?,21?/m0/s1. The van der Waals surface area contributed by atoms with Gasteiger partial charge in [-0.05, 0) is 58.5 Å². The van der Waals surface area contributed by atoms with Crippen LogP contribution in [-0.4, -0.2) is 17.9 Å². The van der Waals surface area contributed by atoms with Crippen LogP contribution in [0.3, 0.4) is 0 Å². The second-order valence-corrected chi connectivity index (χ2v) is 10.2. The topological polar surface area (TPSA) is 101 Å². The molecule has 1 aliphatic heterocycles. The first-order valence-corrected chi connectivity index (χ1v) is 12.1. The minimum Gasteiger partial charge on any atom is -0.369 e. The van der Waals surface area contributed by atoms with Crippen molar-refractivity contribution in [2.45, 2.75) is 17.7 Å². The van der Waals surface area contributed by atoms with Gasteiger partial charge in [-0.15, -0.1) is 0 Å². The van der Waals surface area contributed by atoms with Crippen LogP contribution in [0, 0.1) is 3.57 Å². The van der Waals surface area contributed by atoms with Crippen molar-refractivity contribution in [2.24, 2.45) is 5.73 Å². The van der Waals surface area contributed by atoms with Crippen molar-refractivity contribution in [3.63, 3.8) is 0 Å². The maximum Gasteiger partial charge on any atom is 0.387 e. The first kappa shape index (κ1) is 21.5. The Morgan fingerprint density at radius 2 is 1.65 bits per heavy atom. The Hall–Kier alpha value is -2.77. The van der Waals surface area contributed by atoms with Gasteiger partial charge in [0.05, 0.1) is 0 Å². The van der Waals surface area contributed by atoms with Crippen LogP contribution >= 0.6 is 30.4 Å². The molecule has 0 spiro atoms. The van der Waals surface area contributed by atoms with Gasteiger partial charge in [0.15, 0.2) is 11.3 Å². The first-order valence-electron chi connectivity index (χ1n) is 9.68. The Labute approximate surface area is 194 Å². The number of hydrogen-bond acceptors (Lipinski definition) is 4. The van der Waals surface area contributed by atoms with Crippen molar-refractivity contribution in [1.29, 1.82) is 0 Å². The Morgan fingerprint density at radius 3 is 2.29 bits per heavy atom. The lowest BCUT2D eigenvalue weighted by Gasteiger charge is -2.19. The molecule has 0 bridgehead atoms. The molecule has 4 atom stereocenters. The molecule has 2 amide bonds. The summed E-state index contributed by atoms with van der Waals surface area (Å²) in [6.45, 7) is 0. The molecule has 8 heteroatoms. The zero-order valence-electron chi connectivity index (χ0n) is 16.4. The highest BCUT2D eigenvalue weighted by molar-refractivity contribution is 14.1. The summed E-state index contributed by atoms with van der Waals surface area (Å²) < 4.78 is 14.5. The molecule has 31 heavy (non-hydrogen) atoms. The molecule has 4 rings (SSSR count). The number of primary amides is 1. The van der Waals surface area contributed by atoms with Crippen LogP contribution < -0.4 is 21.7 Å². The fourth-order valence-corrected chi connectivity index (χ4v) is 5.99. The summed E-state index contributed by atoms with van der Waals surface area (Å²) in [5, 5.41) is 6.63. The summed E-state index contributed by atoms with van der Waals surface area (Å²) in [5.74, 6) is -1.09. The average Bonchev–Trinajstić information content (AvgIpc) is 3.16. The number of carbonyl (C=O) groups excluding carboxylic acids is 2. The molecule has 3 aromatic carbocycles. The van der Waals surface area contributed by atoms with E-state index in [2.05, 4.69) is 33.2 Å². The van der Waals surface area contributed by atoms with Crippen molar-refractivity contribution in [2.75, 3.05) is 5.32 Å². The highest BCUT2D eigenvalue weighted by atomic mass is 127. The molecule has 0 aliphatic carbocycles. The van der Waals surface area contributed by atoms with Gasteiger partial charge < -0.3 is 16.4 Å². The fourth-order valence-electron chi connectivity index (χ4n) is 3.74. The molecule has 0 fully saturated rings. The summed E-state index contributed by atoms with van der Waals surface area (Å²) >= 11 is 2.20. The van der Waals surface area contributed by atoms with E-state index in [0.29, 0.717) is 10.9 Å². The second kappa shape index (κ2) is 9.16. The maximum atomic E-state index is 13.6. The molecule has 4 N–H and O–H groups in total. The van der Waals surface area contributed by atoms with Crippen LogP contribution in [-0.2, 0) is 14.2 Å². The smallest absolute Gasteiger partial charge is 0.369 e. The van der Waals surface area contributed by atoms with Gasteiger partial charge in [0, 0.05) is 14.8 Å². The predicted molar refractivity (Wildman–Crippen MR) is 130 cm³/mol. The molecular formula is C23H20IN3O3P+. The van der Waals surface area contributed by atoms with Gasteiger partial charge in [0.25, 0.3) is 0 Å². The van der Waals surface area contributed by atoms with E-state index in [1.54, 1.807) is 36.4 Å². The average molecular weight is 544 g/mol. The van der Waals surface area contributed by atoms with Gasteiger partial charge in [0.2, 0.25) is 17.5 Å². The maximum absolute atomic E-state index is 13.6. The summed E-state index contributed by atoms with van der Waals surface area (Å²) in [7, 11) is -1.93. The SMILES string of the molecule is NC(=O)[C@@H](NC(=O)C1Nc2ccc(I)cc2C1[P+](=O)c1ccccc1)c1ccccc1. The van der Waals surface area contributed by atoms with Crippen LogP contribution in [0.1, 0.15) is 22.8 Å². The van der Waals surface area contributed by atoms with Crippen molar-refractivity contribution < 1.29 is 14.2 Å². The van der Waals surface area contributed by atoms with Gasteiger partial charge >= 0.3 is 7.80 Å². The number of fused-ring (bicyclic) bond motifs is 1. The first-order chi connectivity index (χ1) is 15.0. The third kappa shape index (κ3) is 4.48. The lowest BCUT2D eigenvalue weighted by Crippen LogP contribution is -2.45. The van der Waals surface area contributed by atoms with Crippen LogP contribution in [0.4, 0.5) is 5.69 Å². The minimum atomic E-state index is -1.93.